The van der Waals surface area contributed by atoms with Gasteiger partial charge >= 0.3 is 0 Å². The highest BCUT2D eigenvalue weighted by molar-refractivity contribution is 7.24. The number of aromatic nitrogens is 2. The molecule has 0 aliphatic heterocycles. The van der Waals surface area contributed by atoms with Crippen molar-refractivity contribution >= 4 is 44.2 Å². The molecule has 0 saturated heterocycles. The normalized spacial score (nSPS) is 11.3. The van der Waals surface area contributed by atoms with Gasteiger partial charge in [-0.2, -0.15) is 0 Å². The third-order valence-electron chi connectivity index (χ3n) is 5.25. The van der Waals surface area contributed by atoms with Gasteiger partial charge in [0.25, 0.3) is 0 Å². The van der Waals surface area contributed by atoms with E-state index in [0.717, 1.165) is 30.9 Å². The summed E-state index contributed by atoms with van der Waals surface area (Å²) < 4.78 is 0. The molecule has 0 amide bonds. The van der Waals surface area contributed by atoms with Crippen LogP contribution in [0.5, 0.6) is 0 Å². The first-order valence-corrected chi connectivity index (χ1v) is 11.4. The van der Waals surface area contributed by atoms with Gasteiger partial charge in [0.05, 0.1) is 9.75 Å². The largest absolute Gasteiger partial charge is 0.244 e. The topological polar surface area (TPSA) is 25.8 Å². The van der Waals surface area contributed by atoms with Gasteiger partial charge in [-0.3, -0.25) is 0 Å². The molecule has 0 aliphatic rings. The van der Waals surface area contributed by atoms with Gasteiger partial charge < -0.3 is 0 Å². The zero-order chi connectivity index (χ0) is 19.9. The van der Waals surface area contributed by atoms with Crippen LogP contribution in [0.1, 0.15) is 0 Å². The van der Waals surface area contributed by atoms with Gasteiger partial charge in [0.15, 0.2) is 0 Å². The quantitative estimate of drug-likeness (QED) is 0.291. The van der Waals surface area contributed by atoms with Crippen LogP contribution in [0.3, 0.4) is 0 Å². The predicted octanol–water partition coefficient (Wildman–Crippen LogP) is 7.91. The number of rotatable bonds is 3. The fourth-order valence-corrected chi connectivity index (χ4v) is 5.57. The molecule has 0 atom stereocenters. The molecule has 0 unspecified atom stereocenters. The second-order valence-corrected chi connectivity index (χ2v) is 9.24. The minimum absolute atomic E-state index is 1.04. The molecule has 6 aromatic rings. The average Bonchev–Trinajstić information content (AvgIpc) is 3.48. The van der Waals surface area contributed by atoms with Gasteiger partial charge in [0.2, 0.25) is 0 Å². The van der Waals surface area contributed by atoms with Crippen LogP contribution in [0.4, 0.5) is 0 Å². The van der Waals surface area contributed by atoms with E-state index in [9.17, 15) is 0 Å². The molecule has 0 radical (unpaired) electrons. The first kappa shape index (κ1) is 17.5. The summed E-state index contributed by atoms with van der Waals surface area (Å²) in [5.74, 6) is 0. The Kier molecular flexibility index (Phi) is 4.18. The third-order valence-corrected chi connectivity index (χ3v) is 7.54. The van der Waals surface area contributed by atoms with Crippen LogP contribution in [-0.2, 0) is 0 Å². The fraction of sp³-hybridized carbons (Fsp3) is 0. The van der Waals surface area contributed by atoms with Gasteiger partial charge in [-0.05, 0) is 33.7 Å². The molecule has 2 aromatic heterocycles. The van der Waals surface area contributed by atoms with E-state index in [1.54, 1.807) is 22.7 Å². The number of thiazole rings is 2. The molecule has 6 rings (SSSR count). The van der Waals surface area contributed by atoms with Crippen LogP contribution in [0.2, 0.25) is 0 Å². The highest BCUT2D eigenvalue weighted by atomic mass is 32.1. The van der Waals surface area contributed by atoms with Gasteiger partial charge in [0.1, 0.15) is 10.0 Å². The summed E-state index contributed by atoms with van der Waals surface area (Å²) in [6.45, 7) is 0. The Hall–Kier alpha value is -3.34. The number of nitrogens with zero attached hydrogens (tertiary/aromatic N) is 2. The molecule has 0 fully saturated rings. The molecule has 0 N–H and O–H groups in total. The smallest absolute Gasteiger partial charge is 0.123 e. The average molecular weight is 421 g/mol. The van der Waals surface area contributed by atoms with Crippen LogP contribution < -0.4 is 0 Å². The number of fused-ring (bicyclic) bond motifs is 2. The number of benzene rings is 4. The molecule has 30 heavy (non-hydrogen) atoms. The first-order chi connectivity index (χ1) is 14.8. The second-order valence-electron chi connectivity index (χ2n) is 7.18. The number of hydrogen-bond acceptors (Lipinski definition) is 4. The van der Waals surface area contributed by atoms with E-state index < -0.39 is 0 Å². The Labute approximate surface area is 182 Å². The molecular formula is C26H16N2S2. The Morgan fingerprint density at radius 1 is 0.467 bits per heavy atom. The Bertz CT molecular complexity index is 1390. The van der Waals surface area contributed by atoms with Crippen LogP contribution in [0.25, 0.3) is 52.4 Å². The van der Waals surface area contributed by atoms with E-state index in [1.165, 1.54) is 21.5 Å². The van der Waals surface area contributed by atoms with E-state index >= 15 is 0 Å². The summed E-state index contributed by atoms with van der Waals surface area (Å²) in [5, 5.41) is 7.06. The maximum absolute atomic E-state index is 4.69. The van der Waals surface area contributed by atoms with Crippen LogP contribution in [-0.4, -0.2) is 9.97 Å². The van der Waals surface area contributed by atoms with Crippen LogP contribution in [0.15, 0.2) is 97.3 Å². The van der Waals surface area contributed by atoms with Crippen molar-refractivity contribution in [3.63, 3.8) is 0 Å². The van der Waals surface area contributed by atoms with Crippen molar-refractivity contribution < 1.29 is 0 Å². The maximum atomic E-state index is 4.69. The van der Waals surface area contributed by atoms with Crippen molar-refractivity contribution in [3.05, 3.63) is 97.3 Å². The second kappa shape index (κ2) is 7.17. The van der Waals surface area contributed by atoms with E-state index in [4.69, 9.17) is 0 Å². The SMILES string of the molecule is c1ccc2cc(-c3ncc(-c4cnc(-c5ccc6ccccc6c5)s4)s3)ccc2c1. The minimum Gasteiger partial charge on any atom is -0.244 e. The summed E-state index contributed by atoms with van der Waals surface area (Å²) >= 11 is 3.44. The lowest BCUT2D eigenvalue weighted by atomic mass is 10.1. The van der Waals surface area contributed by atoms with Crippen LogP contribution in [0, 0.1) is 0 Å². The predicted molar refractivity (Wildman–Crippen MR) is 129 cm³/mol. The molecule has 2 nitrogen and oxygen atoms in total. The van der Waals surface area contributed by atoms with Crippen molar-refractivity contribution in [2.24, 2.45) is 0 Å². The maximum Gasteiger partial charge on any atom is 0.123 e. The standard InChI is InChI=1S/C26H16N2S2/c1-3-7-19-13-21(11-9-17(19)5-1)25-27-15-23(29-25)24-16-28-26(30-24)22-12-10-18-6-2-4-8-20(18)14-22/h1-16H. The highest BCUT2D eigenvalue weighted by Crippen LogP contribution is 2.38. The molecular weight excluding hydrogens is 404 g/mol. The summed E-state index contributed by atoms with van der Waals surface area (Å²) in [6.07, 6.45) is 3.93. The highest BCUT2D eigenvalue weighted by Gasteiger charge is 2.12. The zero-order valence-corrected chi connectivity index (χ0v) is 17.6. The third kappa shape index (κ3) is 3.11. The number of hydrogen-bond donors (Lipinski definition) is 0. The monoisotopic (exact) mass is 420 g/mol. The molecule has 0 saturated carbocycles. The van der Waals surface area contributed by atoms with Gasteiger partial charge in [-0.15, -0.1) is 22.7 Å². The molecule has 4 aromatic carbocycles. The van der Waals surface area contributed by atoms with Crippen molar-refractivity contribution in [2.45, 2.75) is 0 Å². The summed E-state index contributed by atoms with van der Waals surface area (Å²) in [6, 6.07) is 29.9. The summed E-state index contributed by atoms with van der Waals surface area (Å²) in [5.41, 5.74) is 2.31. The Morgan fingerprint density at radius 3 is 1.37 bits per heavy atom. The van der Waals surface area contributed by atoms with Crippen molar-refractivity contribution in [1.29, 1.82) is 0 Å². The molecule has 4 heteroatoms. The van der Waals surface area contributed by atoms with Crippen molar-refractivity contribution in [2.75, 3.05) is 0 Å². The van der Waals surface area contributed by atoms with E-state index in [1.807, 2.05) is 12.4 Å². The fourth-order valence-electron chi connectivity index (χ4n) is 3.69. The van der Waals surface area contributed by atoms with E-state index in [2.05, 4.69) is 94.9 Å². The zero-order valence-electron chi connectivity index (χ0n) is 15.9. The molecule has 0 aliphatic carbocycles. The molecule has 0 spiro atoms. The van der Waals surface area contributed by atoms with Gasteiger partial charge in [-0.25, -0.2) is 9.97 Å². The summed E-state index contributed by atoms with van der Waals surface area (Å²) in [4.78, 5) is 11.7. The minimum atomic E-state index is 1.04. The van der Waals surface area contributed by atoms with Crippen molar-refractivity contribution in [1.82, 2.24) is 9.97 Å². The lowest BCUT2D eigenvalue weighted by Crippen LogP contribution is -1.76. The molecule has 2 heterocycles. The van der Waals surface area contributed by atoms with E-state index in [-0.39, 0.29) is 0 Å². The molecule has 0 bridgehead atoms. The van der Waals surface area contributed by atoms with Gasteiger partial charge in [0, 0.05) is 23.5 Å². The first-order valence-electron chi connectivity index (χ1n) is 9.74. The summed E-state index contributed by atoms with van der Waals surface area (Å²) in [7, 11) is 0. The lowest BCUT2D eigenvalue weighted by molar-refractivity contribution is 1.40. The van der Waals surface area contributed by atoms with E-state index in [0.29, 0.717) is 0 Å². The Morgan fingerprint density at radius 2 is 0.900 bits per heavy atom. The van der Waals surface area contributed by atoms with Crippen LogP contribution >= 0.6 is 22.7 Å². The lowest BCUT2D eigenvalue weighted by Gasteiger charge is -2.00. The van der Waals surface area contributed by atoms with Crippen molar-refractivity contribution in [3.8, 4) is 30.9 Å². The van der Waals surface area contributed by atoms with Gasteiger partial charge in [-0.1, -0.05) is 72.8 Å². The Balaban J connectivity index is 1.33. The molecule has 142 valence electrons.